The number of thiophene rings is 1. The number of hydrogen-bond donors (Lipinski definition) is 2. The minimum atomic E-state index is -3.50. The van der Waals surface area contributed by atoms with E-state index in [2.05, 4.69) is 9.62 Å². The van der Waals surface area contributed by atoms with E-state index in [0.717, 1.165) is 42.6 Å². The average Bonchev–Trinajstić information content (AvgIpc) is 3.04. The third kappa shape index (κ3) is 3.48. The summed E-state index contributed by atoms with van der Waals surface area (Å²) < 4.78 is 27.9. The summed E-state index contributed by atoms with van der Waals surface area (Å²) in [7, 11) is 0.525. The van der Waals surface area contributed by atoms with Gasteiger partial charge in [0.25, 0.3) is 0 Å². The molecule has 1 fully saturated rings. The molecule has 21 heavy (non-hydrogen) atoms. The lowest BCUT2D eigenvalue weighted by Crippen LogP contribution is -2.50. The summed E-state index contributed by atoms with van der Waals surface area (Å²) >= 11 is 1.14. The molecule has 7 heteroatoms. The molecule has 0 amide bonds. The fourth-order valence-electron chi connectivity index (χ4n) is 2.89. The van der Waals surface area contributed by atoms with E-state index in [1.54, 1.807) is 6.07 Å². The van der Waals surface area contributed by atoms with Crippen LogP contribution in [0.15, 0.2) is 10.3 Å². The molecule has 0 bridgehead atoms. The zero-order valence-corrected chi connectivity index (χ0v) is 14.5. The number of nitrogens with one attached hydrogen (secondary N) is 1. The highest BCUT2D eigenvalue weighted by molar-refractivity contribution is 7.91. The highest BCUT2D eigenvalue weighted by atomic mass is 32.2. The predicted octanol–water partition coefficient (Wildman–Crippen LogP) is 1.70. The van der Waals surface area contributed by atoms with Crippen LogP contribution in [0.3, 0.4) is 0 Å². The van der Waals surface area contributed by atoms with E-state index >= 15 is 0 Å². The molecule has 5 nitrogen and oxygen atoms in total. The van der Waals surface area contributed by atoms with Crippen LogP contribution in [-0.4, -0.2) is 44.6 Å². The molecule has 0 unspecified atom stereocenters. The minimum Gasteiger partial charge on any atom is -0.391 e. The first-order chi connectivity index (χ1) is 9.81. The first kappa shape index (κ1) is 16.9. The first-order valence-corrected chi connectivity index (χ1v) is 9.48. The van der Waals surface area contributed by atoms with E-state index in [1.165, 1.54) is 0 Å². The lowest BCUT2D eigenvalue weighted by Gasteiger charge is -2.36. The molecular formula is C14H24N2O3S2. The molecule has 1 saturated carbocycles. The van der Waals surface area contributed by atoms with Crippen LogP contribution in [0.1, 0.15) is 36.1 Å². The van der Waals surface area contributed by atoms with Gasteiger partial charge in [0.1, 0.15) is 4.21 Å². The second-order valence-electron chi connectivity index (χ2n) is 5.98. The summed E-state index contributed by atoms with van der Waals surface area (Å²) in [4.78, 5) is 2.85. The highest BCUT2D eigenvalue weighted by Crippen LogP contribution is 2.34. The molecule has 1 aromatic rings. The van der Waals surface area contributed by atoms with Gasteiger partial charge in [-0.25, -0.2) is 13.1 Å². The third-order valence-electron chi connectivity index (χ3n) is 4.48. The molecule has 0 aromatic carbocycles. The molecule has 2 N–H and O–H groups in total. The van der Waals surface area contributed by atoms with Crippen LogP contribution in [0.4, 0.5) is 0 Å². The highest BCUT2D eigenvalue weighted by Gasteiger charge is 2.37. The van der Waals surface area contributed by atoms with Gasteiger partial charge in [-0.05, 0) is 45.5 Å². The fraction of sp³-hybridized carbons (Fsp3) is 0.714. The quantitative estimate of drug-likeness (QED) is 0.832. The van der Waals surface area contributed by atoms with E-state index < -0.39 is 10.0 Å². The second-order valence-corrected chi connectivity index (χ2v) is 9.11. The SMILES string of the molecule is Cc1cc(S(=O)(=O)NCC2(N(C)C)CCCC2)sc1CO. The van der Waals surface area contributed by atoms with Crippen molar-refractivity contribution >= 4 is 21.4 Å². The Balaban J connectivity index is 2.13. The Labute approximate surface area is 131 Å². The molecule has 0 radical (unpaired) electrons. The first-order valence-electron chi connectivity index (χ1n) is 7.18. The number of rotatable bonds is 6. The summed E-state index contributed by atoms with van der Waals surface area (Å²) in [5.41, 5.74) is 0.755. The van der Waals surface area contributed by atoms with Crippen LogP contribution in [-0.2, 0) is 16.6 Å². The molecular weight excluding hydrogens is 308 g/mol. The second kappa shape index (κ2) is 6.34. The Bertz CT molecular complexity index is 587. The Kier molecular flexibility index (Phi) is 5.10. The Morgan fingerprint density at radius 3 is 2.48 bits per heavy atom. The van der Waals surface area contributed by atoms with Crippen LogP contribution in [0.5, 0.6) is 0 Å². The summed E-state index contributed by atoms with van der Waals surface area (Å²) in [5.74, 6) is 0. The van der Waals surface area contributed by atoms with Crippen LogP contribution < -0.4 is 4.72 Å². The largest absolute Gasteiger partial charge is 0.391 e. The standard InChI is InChI=1S/C14H24N2O3S2/c1-11-8-13(20-12(11)9-17)21(18,19)15-10-14(16(2)3)6-4-5-7-14/h8,15,17H,4-7,9-10H2,1-3H3. The van der Waals surface area contributed by atoms with Crippen molar-refractivity contribution in [3.63, 3.8) is 0 Å². The lowest BCUT2D eigenvalue weighted by molar-refractivity contribution is 0.162. The van der Waals surface area contributed by atoms with E-state index in [1.807, 2.05) is 21.0 Å². The molecule has 0 atom stereocenters. The van der Waals surface area contributed by atoms with Crippen molar-refractivity contribution in [3.05, 3.63) is 16.5 Å². The van der Waals surface area contributed by atoms with Gasteiger partial charge in [0, 0.05) is 17.0 Å². The molecule has 0 saturated heterocycles. The van der Waals surface area contributed by atoms with Crippen molar-refractivity contribution in [3.8, 4) is 0 Å². The third-order valence-corrected chi connectivity index (χ3v) is 7.58. The molecule has 120 valence electrons. The maximum absolute atomic E-state index is 12.4. The van der Waals surface area contributed by atoms with E-state index in [0.29, 0.717) is 11.4 Å². The molecule has 1 heterocycles. The molecule has 1 aliphatic carbocycles. The van der Waals surface area contributed by atoms with E-state index in [-0.39, 0.29) is 16.4 Å². The van der Waals surface area contributed by atoms with Crippen molar-refractivity contribution < 1.29 is 13.5 Å². The summed E-state index contributed by atoms with van der Waals surface area (Å²) in [6, 6.07) is 1.63. The summed E-state index contributed by atoms with van der Waals surface area (Å²) in [6.07, 6.45) is 4.33. The topological polar surface area (TPSA) is 69.6 Å². The number of likely N-dealkylation sites (N-methyl/N-ethyl adjacent to an activating group) is 1. The van der Waals surface area contributed by atoms with Crippen molar-refractivity contribution in [1.82, 2.24) is 9.62 Å². The zero-order chi connectivity index (χ0) is 15.7. The number of aliphatic hydroxyl groups is 1. The maximum atomic E-state index is 12.4. The van der Waals surface area contributed by atoms with Gasteiger partial charge in [-0.3, -0.25) is 0 Å². The van der Waals surface area contributed by atoms with Crippen molar-refractivity contribution in [2.75, 3.05) is 20.6 Å². The average molecular weight is 332 g/mol. The lowest BCUT2D eigenvalue weighted by atomic mass is 9.97. The number of aryl methyl sites for hydroxylation is 1. The summed E-state index contributed by atoms with van der Waals surface area (Å²) in [6.45, 7) is 2.14. The van der Waals surface area contributed by atoms with Crippen molar-refractivity contribution in [2.45, 2.75) is 49.0 Å². The van der Waals surface area contributed by atoms with Crippen LogP contribution in [0, 0.1) is 6.92 Å². The number of aliphatic hydroxyl groups excluding tert-OH is 1. The van der Waals surface area contributed by atoms with Crippen LogP contribution >= 0.6 is 11.3 Å². The Hall–Kier alpha value is -0.470. The zero-order valence-electron chi connectivity index (χ0n) is 12.8. The fourth-order valence-corrected chi connectivity index (χ4v) is 5.51. The normalized spacial score (nSPS) is 18.5. The van der Waals surface area contributed by atoms with Gasteiger partial charge in [0.05, 0.1) is 6.61 Å². The molecule has 0 aliphatic heterocycles. The minimum absolute atomic E-state index is 0.0703. The number of sulfonamides is 1. The monoisotopic (exact) mass is 332 g/mol. The number of hydrogen-bond acceptors (Lipinski definition) is 5. The van der Waals surface area contributed by atoms with E-state index in [9.17, 15) is 13.5 Å². The molecule has 0 spiro atoms. The van der Waals surface area contributed by atoms with Gasteiger partial charge in [-0.1, -0.05) is 12.8 Å². The Morgan fingerprint density at radius 2 is 2.00 bits per heavy atom. The number of nitrogens with zero attached hydrogens (tertiary/aromatic N) is 1. The maximum Gasteiger partial charge on any atom is 0.250 e. The van der Waals surface area contributed by atoms with Gasteiger partial charge in [0.15, 0.2) is 0 Å². The molecule has 1 aliphatic rings. The van der Waals surface area contributed by atoms with Crippen LogP contribution in [0.25, 0.3) is 0 Å². The Morgan fingerprint density at radius 1 is 1.38 bits per heavy atom. The van der Waals surface area contributed by atoms with Crippen molar-refractivity contribution in [1.29, 1.82) is 0 Å². The van der Waals surface area contributed by atoms with Crippen molar-refractivity contribution in [2.24, 2.45) is 0 Å². The smallest absolute Gasteiger partial charge is 0.250 e. The molecule has 1 aromatic heterocycles. The van der Waals surface area contributed by atoms with E-state index in [4.69, 9.17) is 0 Å². The van der Waals surface area contributed by atoms with Gasteiger partial charge in [0.2, 0.25) is 10.0 Å². The van der Waals surface area contributed by atoms with Crippen LogP contribution in [0.2, 0.25) is 0 Å². The van der Waals surface area contributed by atoms with Gasteiger partial charge in [-0.2, -0.15) is 0 Å². The van der Waals surface area contributed by atoms with Gasteiger partial charge >= 0.3 is 0 Å². The van der Waals surface area contributed by atoms with Gasteiger partial charge in [-0.15, -0.1) is 11.3 Å². The molecule has 2 rings (SSSR count). The summed E-state index contributed by atoms with van der Waals surface area (Å²) in [5, 5.41) is 9.20. The van der Waals surface area contributed by atoms with Gasteiger partial charge < -0.3 is 10.0 Å². The predicted molar refractivity (Wildman–Crippen MR) is 85.1 cm³/mol.